The summed E-state index contributed by atoms with van der Waals surface area (Å²) in [6.07, 6.45) is -3.46. The Kier molecular flexibility index (Phi) is 11.9. The lowest BCUT2D eigenvalue weighted by molar-refractivity contribution is -0.157. The van der Waals surface area contributed by atoms with Gasteiger partial charge in [-0.1, -0.05) is 26.7 Å². The first-order valence-electron chi connectivity index (χ1n) is 8.40. The van der Waals surface area contributed by atoms with Crippen molar-refractivity contribution >= 4 is 18.8 Å². The molecule has 0 amide bonds. The highest BCUT2D eigenvalue weighted by Gasteiger charge is 2.35. The van der Waals surface area contributed by atoms with Crippen molar-refractivity contribution in [1.29, 1.82) is 0 Å². The van der Waals surface area contributed by atoms with Gasteiger partial charge in [0.25, 0.3) is 0 Å². The van der Waals surface area contributed by atoms with Crippen LogP contribution in [0.4, 0.5) is 0 Å². The minimum absolute atomic E-state index is 0.369. The second-order valence-corrected chi connectivity index (χ2v) is 7.23. The highest BCUT2D eigenvalue weighted by atomic mass is 32.1. The van der Waals surface area contributed by atoms with E-state index in [1.54, 1.807) is 6.92 Å². The summed E-state index contributed by atoms with van der Waals surface area (Å²) in [5, 5.41) is 38.5. The van der Waals surface area contributed by atoms with Gasteiger partial charge in [-0.2, -0.15) is 0 Å². The Morgan fingerprint density at radius 1 is 1.04 bits per heavy atom. The summed E-state index contributed by atoms with van der Waals surface area (Å²) >= 11 is 4.37. The molecule has 5 unspecified atom stereocenters. The summed E-state index contributed by atoms with van der Waals surface area (Å²) in [5.41, 5.74) is 0. The largest absolute Gasteiger partial charge is 0.481 e. The molecule has 0 aliphatic carbocycles. The van der Waals surface area contributed by atoms with Crippen molar-refractivity contribution in [3.8, 4) is 0 Å². The third kappa shape index (κ3) is 9.19. The van der Waals surface area contributed by atoms with Crippen LogP contribution in [0.2, 0.25) is 0 Å². The fraction of sp³-hybridized carbons (Fsp3) is 0.938. The molecule has 0 aliphatic rings. The molecule has 5 atom stereocenters. The molecule has 0 heterocycles. The van der Waals surface area contributed by atoms with E-state index >= 15 is 0 Å². The van der Waals surface area contributed by atoms with Crippen LogP contribution in [0.3, 0.4) is 0 Å². The summed E-state index contributed by atoms with van der Waals surface area (Å²) in [6, 6.07) is 0. The molecule has 7 nitrogen and oxygen atoms in total. The standard InChI is InChI=1S/C16H33NO6S/c1-10(2)6-8-17(24)7-5-9-23-12(4)14(19)15(20)13(18)11(3)16(21)22/h10-15,18-20,24H,5-9H2,1-4H3,(H,21,22). The zero-order valence-electron chi connectivity index (χ0n) is 15.0. The van der Waals surface area contributed by atoms with Gasteiger partial charge in [-0.3, -0.25) is 9.10 Å². The molecule has 0 bridgehead atoms. The Hall–Kier alpha value is -0.380. The quantitative estimate of drug-likeness (QED) is 0.242. The molecule has 0 spiro atoms. The number of carboxylic acid groups (broad SMARTS) is 1. The molecule has 24 heavy (non-hydrogen) atoms. The van der Waals surface area contributed by atoms with Crippen LogP contribution in [0.1, 0.15) is 40.5 Å². The Balaban J connectivity index is 4.09. The van der Waals surface area contributed by atoms with Gasteiger partial charge in [-0.05, 0) is 32.6 Å². The Labute approximate surface area is 150 Å². The molecule has 144 valence electrons. The number of rotatable bonds is 13. The van der Waals surface area contributed by atoms with E-state index < -0.39 is 36.3 Å². The number of nitrogens with zero attached hydrogens (tertiary/aromatic N) is 1. The predicted octanol–water partition coefficient (Wildman–Crippen LogP) is 0.778. The van der Waals surface area contributed by atoms with Crippen LogP contribution in [0.5, 0.6) is 0 Å². The molecule has 0 aromatic rings. The number of hydrogen-bond donors (Lipinski definition) is 5. The van der Waals surface area contributed by atoms with Crippen molar-refractivity contribution < 1.29 is 30.0 Å². The van der Waals surface area contributed by atoms with Gasteiger partial charge in [0, 0.05) is 19.7 Å². The lowest BCUT2D eigenvalue weighted by Crippen LogP contribution is -2.48. The van der Waals surface area contributed by atoms with Crippen LogP contribution in [0.25, 0.3) is 0 Å². The number of carboxylic acids is 1. The zero-order chi connectivity index (χ0) is 18.9. The van der Waals surface area contributed by atoms with E-state index in [2.05, 4.69) is 26.7 Å². The van der Waals surface area contributed by atoms with E-state index in [1.165, 1.54) is 6.92 Å². The number of aliphatic hydroxyl groups is 3. The molecule has 0 rings (SSSR count). The molecular formula is C16H33NO6S. The summed E-state index contributed by atoms with van der Waals surface area (Å²) < 4.78 is 7.38. The zero-order valence-corrected chi connectivity index (χ0v) is 15.9. The SMILES string of the molecule is CC(C)CCN(S)CCCOC(C)C(O)C(O)C(O)C(C)C(=O)O. The van der Waals surface area contributed by atoms with E-state index in [0.717, 1.165) is 19.5 Å². The Morgan fingerprint density at radius 2 is 1.62 bits per heavy atom. The normalized spacial score (nSPS) is 18.4. The first-order valence-corrected chi connectivity index (χ1v) is 8.80. The Morgan fingerprint density at radius 3 is 2.12 bits per heavy atom. The van der Waals surface area contributed by atoms with E-state index in [-0.39, 0.29) is 0 Å². The number of thiol groups is 1. The highest BCUT2D eigenvalue weighted by Crippen LogP contribution is 2.15. The van der Waals surface area contributed by atoms with Crippen LogP contribution in [-0.4, -0.2) is 74.8 Å². The van der Waals surface area contributed by atoms with Gasteiger partial charge in [0.15, 0.2) is 0 Å². The van der Waals surface area contributed by atoms with Crippen LogP contribution in [-0.2, 0) is 9.53 Å². The predicted molar refractivity (Wildman–Crippen MR) is 94.9 cm³/mol. The number of hydrogen-bond acceptors (Lipinski definition) is 7. The van der Waals surface area contributed by atoms with E-state index in [9.17, 15) is 20.1 Å². The van der Waals surface area contributed by atoms with Crippen LogP contribution >= 0.6 is 12.8 Å². The average molecular weight is 368 g/mol. The lowest BCUT2D eigenvalue weighted by Gasteiger charge is -2.29. The van der Waals surface area contributed by atoms with Crippen LogP contribution < -0.4 is 0 Å². The molecular weight excluding hydrogens is 334 g/mol. The van der Waals surface area contributed by atoms with Crippen LogP contribution in [0.15, 0.2) is 0 Å². The van der Waals surface area contributed by atoms with Crippen molar-refractivity contribution in [2.45, 2.75) is 65.0 Å². The van der Waals surface area contributed by atoms with Gasteiger partial charge in [0.05, 0.1) is 18.1 Å². The third-order valence-electron chi connectivity index (χ3n) is 3.99. The molecule has 4 N–H and O–H groups in total. The summed E-state index contributed by atoms with van der Waals surface area (Å²) in [4.78, 5) is 10.8. The van der Waals surface area contributed by atoms with Gasteiger partial charge in [-0.25, -0.2) is 0 Å². The van der Waals surface area contributed by atoms with Gasteiger partial charge in [-0.15, -0.1) is 0 Å². The molecule has 0 aromatic heterocycles. The minimum Gasteiger partial charge on any atom is -0.481 e. The van der Waals surface area contributed by atoms with Gasteiger partial charge < -0.3 is 25.2 Å². The molecule has 0 saturated heterocycles. The van der Waals surface area contributed by atoms with Crippen molar-refractivity contribution in [3.63, 3.8) is 0 Å². The van der Waals surface area contributed by atoms with Crippen LogP contribution in [0, 0.1) is 11.8 Å². The van der Waals surface area contributed by atoms with Crippen molar-refractivity contribution in [3.05, 3.63) is 0 Å². The third-order valence-corrected chi connectivity index (χ3v) is 4.39. The van der Waals surface area contributed by atoms with Gasteiger partial charge >= 0.3 is 5.97 Å². The highest BCUT2D eigenvalue weighted by molar-refractivity contribution is 7.77. The number of ether oxygens (including phenoxy) is 1. The van der Waals surface area contributed by atoms with E-state index in [1.807, 2.05) is 4.31 Å². The van der Waals surface area contributed by atoms with Crippen molar-refractivity contribution in [1.82, 2.24) is 4.31 Å². The average Bonchev–Trinajstić information content (AvgIpc) is 2.53. The number of aliphatic hydroxyl groups excluding tert-OH is 3. The maximum atomic E-state index is 10.8. The molecule has 0 radical (unpaired) electrons. The fourth-order valence-corrected chi connectivity index (χ4v) is 2.31. The second-order valence-electron chi connectivity index (χ2n) is 6.66. The van der Waals surface area contributed by atoms with E-state index in [4.69, 9.17) is 9.84 Å². The molecule has 0 aromatic carbocycles. The maximum absolute atomic E-state index is 10.8. The fourth-order valence-electron chi connectivity index (χ4n) is 2.06. The summed E-state index contributed by atoms with van der Waals surface area (Å²) in [5.74, 6) is -1.80. The molecule has 8 heteroatoms. The molecule has 0 fully saturated rings. The molecule has 0 aliphatic heterocycles. The number of aliphatic carboxylic acids is 1. The summed E-state index contributed by atoms with van der Waals surface area (Å²) in [6.45, 7) is 9.14. The second kappa shape index (κ2) is 12.1. The first-order chi connectivity index (χ1) is 11.1. The topological polar surface area (TPSA) is 110 Å². The monoisotopic (exact) mass is 367 g/mol. The lowest BCUT2D eigenvalue weighted by atomic mass is 9.94. The smallest absolute Gasteiger partial charge is 0.308 e. The minimum atomic E-state index is -1.58. The maximum Gasteiger partial charge on any atom is 0.308 e. The van der Waals surface area contributed by atoms with Gasteiger partial charge in [0.2, 0.25) is 0 Å². The van der Waals surface area contributed by atoms with Crippen molar-refractivity contribution in [2.75, 3.05) is 19.7 Å². The Bertz CT molecular complexity index is 357. The number of carbonyl (C=O) groups is 1. The molecule has 0 saturated carbocycles. The van der Waals surface area contributed by atoms with E-state index in [0.29, 0.717) is 18.9 Å². The summed E-state index contributed by atoms with van der Waals surface area (Å²) in [7, 11) is 0. The van der Waals surface area contributed by atoms with Crippen molar-refractivity contribution in [2.24, 2.45) is 11.8 Å². The first kappa shape index (κ1) is 23.6. The van der Waals surface area contributed by atoms with Gasteiger partial charge in [0.1, 0.15) is 12.2 Å².